The molecule has 1 aliphatic carbocycles. The highest BCUT2D eigenvalue weighted by Crippen LogP contribution is 2.28. The molecule has 1 unspecified atom stereocenters. The minimum absolute atomic E-state index is 0.0508. The van der Waals surface area contributed by atoms with Gasteiger partial charge in [-0.25, -0.2) is 0 Å². The number of carbonyl (C=O) groups excluding carboxylic acids is 1. The summed E-state index contributed by atoms with van der Waals surface area (Å²) < 4.78 is 0. The van der Waals surface area contributed by atoms with Crippen molar-refractivity contribution in [2.24, 2.45) is 5.92 Å². The SMILES string of the molecule is CCN(CC)C(CNC(=O)CNCC1CC1)c1ccccc1Cl. The Hall–Kier alpha value is -1.10. The Bertz CT molecular complexity index is 501. The molecule has 0 heterocycles. The number of hydrogen-bond acceptors (Lipinski definition) is 3. The zero-order chi connectivity index (χ0) is 16.7. The van der Waals surface area contributed by atoms with Crippen molar-refractivity contribution in [1.82, 2.24) is 15.5 Å². The van der Waals surface area contributed by atoms with Gasteiger partial charge in [-0.05, 0) is 50.0 Å². The normalized spacial score (nSPS) is 15.7. The fraction of sp³-hybridized carbons (Fsp3) is 0.611. The van der Waals surface area contributed by atoms with Gasteiger partial charge < -0.3 is 10.6 Å². The molecule has 0 radical (unpaired) electrons. The van der Waals surface area contributed by atoms with Crippen molar-refractivity contribution in [2.45, 2.75) is 32.7 Å². The van der Waals surface area contributed by atoms with E-state index in [1.54, 1.807) is 0 Å². The monoisotopic (exact) mass is 337 g/mol. The maximum atomic E-state index is 12.0. The summed E-state index contributed by atoms with van der Waals surface area (Å²) in [5.41, 5.74) is 1.07. The van der Waals surface area contributed by atoms with E-state index in [1.165, 1.54) is 12.8 Å². The number of rotatable bonds is 10. The van der Waals surface area contributed by atoms with E-state index in [2.05, 4.69) is 29.4 Å². The Labute approximate surface area is 144 Å². The molecule has 0 aromatic heterocycles. The first-order valence-electron chi connectivity index (χ1n) is 8.61. The quantitative estimate of drug-likeness (QED) is 0.690. The first-order chi connectivity index (χ1) is 11.2. The third-order valence-corrected chi connectivity index (χ3v) is 4.77. The van der Waals surface area contributed by atoms with Gasteiger partial charge in [0, 0.05) is 11.6 Å². The van der Waals surface area contributed by atoms with Crippen LogP contribution in [-0.2, 0) is 4.79 Å². The molecule has 2 rings (SSSR count). The Morgan fingerprint density at radius 3 is 2.61 bits per heavy atom. The molecule has 0 aliphatic heterocycles. The molecular formula is C18H28ClN3O. The Kier molecular flexibility index (Phi) is 7.34. The molecule has 23 heavy (non-hydrogen) atoms. The smallest absolute Gasteiger partial charge is 0.234 e. The molecule has 0 saturated heterocycles. The summed E-state index contributed by atoms with van der Waals surface area (Å²) in [5, 5.41) is 7.03. The highest BCUT2D eigenvalue weighted by atomic mass is 35.5. The van der Waals surface area contributed by atoms with Crippen LogP contribution in [-0.4, -0.2) is 43.5 Å². The van der Waals surface area contributed by atoms with Crippen molar-refractivity contribution in [3.63, 3.8) is 0 Å². The fourth-order valence-electron chi connectivity index (χ4n) is 2.83. The number of carbonyl (C=O) groups is 1. The van der Waals surface area contributed by atoms with Gasteiger partial charge in [-0.1, -0.05) is 43.6 Å². The molecule has 1 aromatic rings. The van der Waals surface area contributed by atoms with Gasteiger partial charge in [0.25, 0.3) is 0 Å². The lowest BCUT2D eigenvalue weighted by atomic mass is 10.0. The Morgan fingerprint density at radius 1 is 1.30 bits per heavy atom. The van der Waals surface area contributed by atoms with Crippen molar-refractivity contribution < 1.29 is 4.79 Å². The van der Waals surface area contributed by atoms with E-state index >= 15 is 0 Å². The molecule has 2 N–H and O–H groups in total. The maximum absolute atomic E-state index is 12.0. The summed E-state index contributed by atoms with van der Waals surface area (Å²) >= 11 is 6.37. The Morgan fingerprint density at radius 2 is 2.00 bits per heavy atom. The van der Waals surface area contributed by atoms with E-state index in [-0.39, 0.29) is 11.9 Å². The van der Waals surface area contributed by atoms with Crippen LogP contribution >= 0.6 is 11.6 Å². The predicted molar refractivity (Wildman–Crippen MR) is 95.7 cm³/mol. The van der Waals surface area contributed by atoms with E-state index in [9.17, 15) is 4.79 Å². The second kappa shape index (κ2) is 9.26. The number of likely N-dealkylation sites (N-methyl/N-ethyl adjacent to an activating group) is 1. The van der Waals surface area contributed by atoms with Gasteiger partial charge in [-0.3, -0.25) is 9.69 Å². The van der Waals surface area contributed by atoms with Gasteiger partial charge in [0.2, 0.25) is 5.91 Å². The van der Waals surface area contributed by atoms with Gasteiger partial charge >= 0.3 is 0 Å². The molecular weight excluding hydrogens is 310 g/mol. The molecule has 1 aliphatic rings. The van der Waals surface area contributed by atoms with Crippen LogP contribution in [0.2, 0.25) is 5.02 Å². The van der Waals surface area contributed by atoms with Crippen LogP contribution in [0.25, 0.3) is 0 Å². The average Bonchev–Trinajstić information content (AvgIpc) is 3.36. The highest BCUT2D eigenvalue weighted by molar-refractivity contribution is 6.31. The minimum Gasteiger partial charge on any atom is -0.353 e. The number of hydrogen-bond donors (Lipinski definition) is 2. The number of amides is 1. The first kappa shape index (κ1) is 18.2. The zero-order valence-electron chi connectivity index (χ0n) is 14.1. The third kappa shape index (κ3) is 5.79. The summed E-state index contributed by atoms with van der Waals surface area (Å²) in [4.78, 5) is 14.4. The van der Waals surface area contributed by atoms with Gasteiger partial charge in [-0.15, -0.1) is 0 Å². The lowest BCUT2D eigenvalue weighted by Crippen LogP contribution is -2.41. The molecule has 1 aromatic carbocycles. The standard InChI is InChI=1S/C18H28ClN3O/c1-3-22(4-2)17(15-7-5-6-8-16(15)19)12-21-18(23)13-20-11-14-9-10-14/h5-8,14,17,20H,3-4,9-13H2,1-2H3,(H,21,23). The number of nitrogens with one attached hydrogen (secondary N) is 2. The molecule has 128 valence electrons. The second-order valence-electron chi connectivity index (χ2n) is 6.14. The van der Waals surface area contributed by atoms with Crippen LogP contribution in [0.5, 0.6) is 0 Å². The van der Waals surface area contributed by atoms with Crippen molar-refractivity contribution >= 4 is 17.5 Å². The van der Waals surface area contributed by atoms with Crippen LogP contribution in [0, 0.1) is 5.92 Å². The van der Waals surface area contributed by atoms with E-state index in [1.807, 2.05) is 24.3 Å². The molecule has 4 nitrogen and oxygen atoms in total. The topological polar surface area (TPSA) is 44.4 Å². The Balaban J connectivity index is 1.91. The minimum atomic E-state index is 0.0508. The molecule has 0 bridgehead atoms. The summed E-state index contributed by atoms with van der Waals surface area (Å²) in [7, 11) is 0. The van der Waals surface area contributed by atoms with E-state index < -0.39 is 0 Å². The van der Waals surface area contributed by atoms with E-state index in [4.69, 9.17) is 11.6 Å². The van der Waals surface area contributed by atoms with Crippen molar-refractivity contribution in [3.8, 4) is 0 Å². The summed E-state index contributed by atoms with van der Waals surface area (Å²) in [6.07, 6.45) is 2.59. The lowest BCUT2D eigenvalue weighted by Gasteiger charge is -2.31. The zero-order valence-corrected chi connectivity index (χ0v) is 14.9. The first-order valence-corrected chi connectivity index (χ1v) is 8.99. The van der Waals surface area contributed by atoms with Crippen molar-refractivity contribution in [3.05, 3.63) is 34.9 Å². The number of benzene rings is 1. The van der Waals surface area contributed by atoms with Gasteiger partial charge in [-0.2, -0.15) is 0 Å². The van der Waals surface area contributed by atoms with E-state index in [0.29, 0.717) is 13.1 Å². The predicted octanol–water partition coefficient (Wildman–Crippen LogP) is 2.84. The van der Waals surface area contributed by atoms with Crippen LogP contribution in [0.4, 0.5) is 0 Å². The molecule has 0 spiro atoms. The fourth-order valence-corrected chi connectivity index (χ4v) is 3.09. The number of halogens is 1. The third-order valence-electron chi connectivity index (χ3n) is 4.43. The number of nitrogens with zero attached hydrogens (tertiary/aromatic N) is 1. The summed E-state index contributed by atoms with van der Waals surface area (Å²) in [6, 6.07) is 7.99. The summed E-state index contributed by atoms with van der Waals surface area (Å²) in [6.45, 7) is 8.03. The lowest BCUT2D eigenvalue weighted by molar-refractivity contribution is -0.120. The van der Waals surface area contributed by atoms with Crippen LogP contribution in [0.1, 0.15) is 38.3 Å². The molecule has 1 atom stereocenters. The summed E-state index contributed by atoms with van der Waals surface area (Å²) in [5.74, 6) is 0.837. The average molecular weight is 338 g/mol. The van der Waals surface area contributed by atoms with Crippen molar-refractivity contribution in [1.29, 1.82) is 0 Å². The van der Waals surface area contributed by atoms with Gasteiger partial charge in [0.15, 0.2) is 0 Å². The molecule has 1 fully saturated rings. The van der Waals surface area contributed by atoms with Gasteiger partial charge in [0.1, 0.15) is 0 Å². The van der Waals surface area contributed by atoms with Crippen LogP contribution in [0.15, 0.2) is 24.3 Å². The largest absolute Gasteiger partial charge is 0.353 e. The molecule has 1 saturated carbocycles. The van der Waals surface area contributed by atoms with Gasteiger partial charge in [0.05, 0.1) is 12.6 Å². The maximum Gasteiger partial charge on any atom is 0.234 e. The molecule has 1 amide bonds. The highest BCUT2D eigenvalue weighted by Gasteiger charge is 2.22. The van der Waals surface area contributed by atoms with Crippen molar-refractivity contribution in [2.75, 3.05) is 32.7 Å². The molecule has 5 heteroatoms. The van der Waals surface area contributed by atoms with E-state index in [0.717, 1.165) is 36.1 Å². The van der Waals surface area contributed by atoms with Crippen LogP contribution in [0.3, 0.4) is 0 Å². The van der Waals surface area contributed by atoms with Crippen LogP contribution < -0.4 is 10.6 Å². The second-order valence-corrected chi connectivity index (χ2v) is 6.54.